The normalized spacial score (nSPS) is 21.0. The van der Waals surface area contributed by atoms with Crippen LogP contribution in [0.4, 0.5) is 5.69 Å². The molecule has 1 aliphatic rings. The number of nitrogens with zero attached hydrogens (tertiary/aromatic N) is 3. The molecular formula is C15H20ClN5O. The Balaban J connectivity index is 0.00000176. The van der Waals surface area contributed by atoms with Crippen molar-refractivity contribution in [1.82, 2.24) is 20.3 Å². The van der Waals surface area contributed by atoms with Crippen LogP contribution in [0.1, 0.15) is 26.2 Å². The SMILES string of the molecule is CC1(C(=O)Nc2ccc(-n3nccn3)cc2)CCCCN1.Cl. The standard InChI is InChI=1S/C15H19N5O.ClH/c1-15(8-2-3-9-16-15)14(21)19-12-4-6-13(7-5-12)20-17-10-11-18-20;/h4-7,10-11,16H,2-3,8-9H2,1H3,(H,19,21);1H. The number of piperidine rings is 1. The summed E-state index contributed by atoms with van der Waals surface area (Å²) in [6.07, 6.45) is 6.35. The molecule has 0 spiro atoms. The van der Waals surface area contributed by atoms with Gasteiger partial charge in [-0.25, -0.2) is 0 Å². The van der Waals surface area contributed by atoms with Gasteiger partial charge >= 0.3 is 0 Å². The van der Waals surface area contributed by atoms with Gasteiger partial charge in [0, 0.05) is 5.69 Å². The van der Waals surface area contributed by atoms with Gasteiger partial charge in [0.25, 0.3) is 0 Å². The first kappa shape index (κ1) is 16.5. The molecule has 7 heteroatoms. The van der Waals surface area contributed by atoms with Crippen LogP contribution in [-0.2, 0) is 4.79 Å². The molecule has 2 heterocycles. The van der Waals surface area contributed by atoms with Crippen LogP contribution in [0.5, 0.6) is 0 Å². The number of anilines is 1. The minimum Gasteiger partial charge on any atom is -0.324 e. The summed E-state index contributed by atoms with van der Waals surface area (Å²) in [4.78, 5) is 13.9. The zero-order valence-electron chi connectivity index (χ0n) is 12.5. The smallest absolute Gasteiger partial charge is 0.244 e. The van der Waals surface area contributed by atoms with Crippen LogP contribution in [-0.4, -0.2) is 33.0 Å². The summed E-state index contributed by atoms with van der Waals surface area (Å²) in [7, 11) is 0. The number of carbonyl (C=O) groups excluding carboxylic acids is 1. The predicted molar refractivity (Wildman–Crippen MR) is 87.5 cm³/mol. The van der Waals surface area contributed by atoms with Crippen molar-refractivity contribution < 1.29 is 4.79 Å². The van der Waals surface area contributed by atoms with E-state index in [9.17, 15) is 4.79 Å². The van der Waals surface area contributed by atoms with Crippen LogP contribution < -0.4 is 10.6 Å². The molecule has 1 aliphatic heterocycles. The van der Waals surface area contributed by atoms with Crippen molar-refractivity contribution in [1.29, 1.82) is 0 Å². The molecule has 1 aromatic carbocycles. The van der Waals surface area contributed by atoms with Gasteiger partial charge in [-0.15, -0.1) is 12.4 Å². The number of rotatable bonds is 3. The Morgan fingerprint density at radius 1 is 1.23 bits per heavy atom. The Bertz CT molecular complexity index is 605. The first-order chi connectivity index (χ1) is 10.2. The Morgan fingerprint density at radius 3 is 2.50 bits per heavy atom. The lowest BCUT2D eigenvalue weighted by atomic mass is 9.90. The maximum Gasteiger partial charge on any atom is 0.244 e. The van der Waals surface area contributed by atoms with Gasteiger partial charge in [-0.3, -0.25) is 4.79 Å². The number of halogens is 1. The second-order valence-electron chi connectivity index (χ2n) is 5.54. The summed E-state index contributed by atoms with van der Waals surface area (Å²) in [6, 6.07) is 7.49. The third-order valence-electron chi connectivity index (χ3n) is 3.89. The molecule has 0 radical (unpaired) electrons. The van der Waals surface area contributed by atoms with Gasteiger partial charge in [-0.05, 0) is 57.0 Å². The van der Waals surface area contributed by atoms with Crippen molar-refractivity contribution >= 4 is 24.0 Å². The second kappa shape index (κ2) is 6.89. The molecule has 0 bridgehead atoms. The highest BCUT2D eigenvalue weighted by molar-refractivity contribution is 5.97. The highest BCUT2D eigenvalue weighted by Gasteiger charge is 2.34. The zero-order chi connectivity index (χ0) is 14.7. The average molecular weight is 322 g/mol. The van der Waals surface area contributed by atoms with Crippen molar-refractivity contribution in [3.8, 4) is 5.69 Å². The number of amides is 1. The molecule has 0 aliphatic carbocycles. The van der Waals surface area contributed by atoms with E-state index in [4.69, 9.17) is 0 Å². The summed E-state index contributed by atoms with van der Waals surface area (Å²) >= 11 is 0. The third-order valence-corrected chi connectivity index (χ3v) is 3.89. The van der Waals surface area contributed by atoms with Crippen LogP contribution in [0, 0.1) is 0 Å². The second-order valence-corrected chi connectivity index (χ2v) is 5.54. The van der Waals surface area contributed by atoms with Crippen LogP contribution in [0.3, 0.4) is 0 Å². The first-order valence-corrected chi connectivity index (χ1v) is 7.21. The highest BCUT2D eigenvalue weighted by Crippen LogP contribution is 2.21. The van der Waals surface area contributed by atoms with E-state index in [1.54, 1.807) is 12.4 Å². The van der Waals surface area contributed by atoms with Crippen molar-refractivity contribution in [3.05, 3.63) is 36.7 Å². The minimum absolute atomic E-state index is 0. The quantitative estimate of drug-likeness (QED) is 0.908. The van der Waals surface area contributed by atoms with Gasteiger partial charge in [-0.2, -0.15) is 15.0 Å². The van der Waals surface area contributed by atoms with Crippen molar-refractivity contribution in [2.24, 2.45) is 0 Å². The van der Waals surface area contributed by atoms with Gasteiger partial charge in [0.2, 0.25) is 5.91 Å². The van der Waals surface area contributed by atoms with E-state index in [2.05, 4.69) is 20.8 Å². The van der Waals surface area contributed by atoms with Crippen LogP contribution in [0.25, 0.3) is 5.69 Å². The minimum atomic E-state index is -0.472. The summed E-state index contributed by atoms with van der Waals surface area (Å²) in [5, 5.41) is 14.4. The molecule has 2 aromatic rings. The summed E-state index contributed by atoms with van der Waals surface area (Å²) < 4.78 is 0. The molecule has 6 nitrogen and oxygen atoms in total. The number of nitrogens with one attached hydrogen (secondary N) is 2. The Labute approximate surface area is 135 Å². The monoisotopic (exact) mass is 321 g/mol. The molecule has 0 saturated carbocycles. The number of aromatic nitrogens is 3. The number of hydrogen-bond acceptors (Lipinski definition) is 4. The van der Waals surface area contributed by atoms with E-state index >= 15 is 0 Å². The average Bonchev–Trinajstić information content (AvgIpc) is 3.03. The van der Waals surface area contributed by atoms with Gasteiger partial charge in [0.15, 0.2) is 0 Å². The molecule has 118 valence electrons. The van der Waals surface area contributed by atoms with Crippen LogP contribution in [0.15, 0.2) is 36.7 Å². The fraction of sp³-hybridized carbons (Fsp3) is 0.400. The molecular weight excluding hydrogens is 302 g/mol. The maximum absolute atomic E-state index is 12.4. The van der Waals surface area contributed by atoms with E-state index in [-0.39, 0.29) is 18.3 Å². The van der Waals surface area contributed by atoms with Crippen molar-refractivity contribution in [3.63, 3.8) is 0 Å². The first-order valence-electron chi connectivity index (χ1n) is 7.21. The van der Waals surface area contributed by atoms with E-state index in [0.717, 1.165) is 37.2 Å². The van der Waals surface area contributed by atoms with Gasteiger partial charge in [-0.1, -0.05) is 0 Å². The molecule has 1 fully saturated rings. The van der Waals surface area contributed by atoms with E-state index in [1.165, 1.54) is 4.80 Å². The maximum atomic E-state index is 12.4. The van der Waals surface area contributed by atoms with E-state index < -0.39 is 5.54 Å². The Hall–Kier alpha value is -1.92. The fourth-order valence-electron chi connectivity index (χ4n) is 2.55. The number of carbonyl (C=O) groups is 1. The summed E-state index contributed by atoms with van der Waals surface area (Å²) in [5.74, 6) is 0.0205. The highest BCUT2D eigenvalue weighted by atomic mass is 35.5. The van der Waals surface area contributed by atoms with Crippen molar-refractivity contribution in [2.75, 3.05) is 11.9 Å². The van der Waals surface area contributed by atoms with E-state index in [0.29, 0.717) is 0 Å². The predicted octanol–water partition coefficient (Wildman–Crippen LogP) is 2.16. The molecule has 2 N–H and O–H groups in total. The van der Waals surface area contributed by atoms with Gasteiger partial charge in [0.05, 0.1) is 23.6 Å². The lowest BCUT2D eigenvalue weighted by Gasteiger charge is -2.33. The van der Waals surface area contributed by atoms with Crippen molar-refractivity contribution in [2.45, 2.75) is 31.7 Å². The molecule has 1 aromatic heterocycles. The number of benzene rings is 1. The lowest BCUT2D eigenvalue weighted by molar-refractivity contribution is -0.122. The van der Waals surface area contributed by atoms with E-state index in [1.807, 2.05) is 31.2 Å². The van der Waals surface area contributed by atoms with Crippen LogP contribution >= 0.6 is 12.4 Å². The lowest BCUT2D eigenvalue weighted by Crippen LogP contribution is -2.54. The fourth-order valence-corrected chi connectivity index (χ4v) is 2.55. The van der Waals surface area contributed by atoms with Gasteiger partial charge < -0.3 is 10.6 Å². The molecule has 22 heavy (non-hydrogen) atoms. The topological polar surface area (TPSA) is 71.8 Å². The Morgan fingerprint density at radius 2 is 1.91 bits per heavy atom. The largest absolute Gasteiger partial charge is 0.324 e. The van der Waals surface area contributed by atoms with Gasteiger partial charge in [0.1, 0.15) is 0 Å². The molecule has 1 atom stereocenters. The molecule has 1 saturated heterocycles. The zero-order valence-corrected chi connectivity index (χ0v) is 13.3. The molecule has 3 rings (SSSR count). The molecule has 1 amide bonds. The summed E-state index contributed by atoms with van der Waals surface area (Å²) in [5.41, 5.74) is 1.17. The number of hydrogen-bond donors (Lipinski definition) is 2. The van der Waals surface area contributed by atoms with Crippen LogP contribution in [0.2, 0.25) is 0 Å². The Kier molecular flexibility index (Phi) is 5.15. The molecule has 1 unspecified atom stereocenters. The summed E-state index contributed by atoms with van der Waals surface area (Å²) in [6.45, 7) is 2.86. The third kappa shape index (κ3) is 3.45.